The van der Waals surface area contributed by atoms with Crippen LogP contribution in [0.25, 0.3) is 10.2 Å². The molecule has 8 heteroatoms. The highest BCUT2D eigenvalue weighted by Crippen LogP contribution is 2.29. The third-order valence-corrected chi connectivity index (χ3v) is 6.25. The molecule has 0 unspecified atom stereocenters. The summed E-state index contributed by atoms with van der Waals surface area (Å²) in [6.45, 7) is 7.62. The van der Waals surface area contributed by atoms with Crippen LogP contribution in [0.15, 0.2) is 53.9 Å². The lowest BCUT2D eigenvalue weighted by molar-refractivity contribution is 0.102. The summed E-state index contributed by atoms with van der Waals surface area (Å²) in [5, 5.41) is 3.28. The van der Waals surface area contributed by atoms with Crippen LogP contribution in [0.3, 0.4) is 0 Å². The second kappa shape index (κ2) is 7.59. The number of nitrogens with zero attached hydrogens (tertiary/aromatic N) is 1. The molecule has 0 aliphatic heterocycles. The normalized spacial score (nSPS) is 11.5. The number of aromatic nitrogens is 1. The van der Waals surface area contributed by atoms with Crippen LogP contribution < -0.4 is 10.0 Å². The predicted octanol–water partition coefficient (Wildman–Crippen LogP) is 3.63. The lowest BCUT2D eigenvalue weighted by Gasteiger charge is -2.06. The van der Waals surface area contributed by atoms with E-state index in [1.54, 1.807) is 0 Å². The maximum atomic E-state index is 12.5. The van der Waals surface area contributed by atoms with Crippen molar-refractivity contribution in [2.75, 3.05) is 11.9 Å². The smallest absolute Gasteiger partial charge is 0.257 e. The Morgan fingerprint density at radius 2 is 1.93 bits per heavy atom. The topological polar surface area (TPSA) is 88.2 Å². The molecular weight excluding hydrogens is 382 g/mol. The van der Waals surface area contributed by atoms with Gasteiger partial charge in [0.2, 0.25) is 10.0 Å². The van der Waals surface area contributed by atoms with Gasteiger partial charge in [-0.2, -0.15) is 0 Å². The summed E-state index contributed by atoms with van der Waals surface area (Å²) in [4.78, 5) is 17.0. The van der Waals surface area contributed by atoms with Gasteiger partial charge in [0.15, 0.2) is 5.13 Å². The number of fused-ring (bicyclic) bond motifs is 1. The van der Waals surface area contributed by atoms with Gasteiger partial charge in [-0.15, -0.1) is 6.58 Å². The van der Waals surface area contributed by atoms with Crippen LogP contribution in [-0.4, -0.2) is 25.9 Å². The van der Waals surface area contributed by atoms with Crippen molar-refractivity contribution >= 4 is 42.6 Å². The molecule has 0 atom stereocenters. The average molecular weight is 402 g/mol. The minimum absolute atomic E-state index is 0.0898. The van der Waals surface area contributed by atoms with E-state index in [0.29, 0.717) is 10.7 Å². The fraction of sp³-hybridized carbons (Fsp3) is 0.158. The van der Waals surface area contributed by atoms with Crippen molar-refractivity contribution in [3.05, 3.63) is 65.7 Å². The lowest BCUT2D eigenvalue weighted by Crippen LogP contribution is -2.23. The molecule has 0 aliphatic rings. The highest BCUT2D eigenvalue weighted by molar-refractivity contribution is 7.89. The number of benzene rings is 2. The van der Waals surface area contributed by atoms with Crippen LogP contribution in [0, 0.1) is 13.8 Å². The van der Waals surface area contributed by atoms with E-state index in [9.17, 15) is 13.2 Å². The van der Waals surface area contributed by atoms with Gasteiger partial charge in [0.05, 0.1) is 15.1 Å². The van der Waals surface area contributed by atoms with Crippen molar-refractivity contribution in [1.82, 2.24) is 9.71 Å². The second-order valence-electron chi connectivity index (χ2n) is 6.07. The van der Waals surface area contributed by atoms with E-state index >= 15 is 0 Å². The SMILES string of the molecule is C=CCNS(=O)(=O)c1ccc(C(=O)Nc2nc3c(C)cc(C)cc3s2)cc1. The summed E-state index contributed by atoms with van der Waals surface area (Å²) < 4.78 is 27.5. The molecule has 6 nitrogen and oxygen atoms in total. The van der Waals surface area contributed by atoms with E-state index in [1.165, 1.54) is 41.7 Å². The fourth-order valence-electron chi connectivity index (χ4n) is 2.63. The van der Waals surface area contributed by atoms with Gasteiger partial charge in [-0.05, 0) is 55.3 Å². The first-order chi connectivity index (χ1) is 12.8. The first-order valence-corrected chi connectivity index (χ1v) is 10.5. The molecule has 2 aromatic carbocycles. The Kier molecular flexibility index (Phi) is 5.41. The Hall–Kier alpha value is -2.55. The Bertz CT molecular complexity index is 1120. The Morgan fingerprint density at radius 3 is 2.59 bits per heavy atom. The van der Waals surface area contributed by atoms with Gasteiger partial charge < -0.3 is 0 Å². The van der Waals surface area contributed by atoms with E-state index in [4.69, 9.17) is 0 Å². The van der Waals surface area contributed by atoms with Crippen LogP contribution in [0.5, 0.6) is 0 Å². The van der Waals surface area contributed by atoms with E-state index in [-0.39, 0.29) is 17.3 Å². The van der Waals surface area contributed by atoms with Crippen molar-refractivity contribution in [3.63, 3.8) is 0 Å². The van der Waals surface area contributed by atoms with Gasteiger partial charge in [0.25, 0.3) is 5.91 Å². The van der Waals surface area contributed by atoms with Crippen molar-refractivity contribution in [2.45, 2.75) is 18.7 Å². The maximum Gasteiger partial charge on any atom is 0.257 e. The van der Waals surface area contributed by atoms with Crippen molar-refractivity contribution in [2.24, 2.45) is 0 Å². The standard InChI is InChI=1S/C19H19N3O3S2/c1-4-9-20-27(24,25)15-7-5-14(6-8-15)18(23)22-19-21-17-13(3)10-12(2)11-16(17)26-19/h4-8,10-11,20H,1,9H2,2-3H3,(H,21,22,23). The van der Waals surface area contributed by atoms with Crippen LogP contribution >= 0.6 is 11.3 Å². The zero-order valence-corrected chi connectivity index (χ0v) is 16.6. The number of amides is 1. The highest BCUT2D eigenvalue weighted by Gasteiger charge is 2.15. The first kappa shape index (κ1) is 19.2. The number of aryl methyl sites for hydroxylation is 2. The van der Waals surface area contributed by atoms with Crippen LogP contribution in [0.4, 0.5) is 5.13 Å². The fourth-order valence-corrected chi connectivity index (χ4v) is 4.67. The molecular formula is C19H19N3O3S2. The Morgan fingerprint density at radius 1 is 1.22 bits per heavy atom. The molecule has 27 heavy (non-hydrogen) atoms. The summed E-state index contributed by atoms with van der Waals surface area (Å²) in [5.41, 5.74) is 3.42. The molecule has 0 fully saturated rings. The molecule has 2 N–H and O–H groups in total. The number of nitrogens with one attached hydrogen (secondary N) is 2. The molecule has 1 heterocycles. The van der Waals surface area contributed by atoms with Gasteiger partial charge in [-0.1, -0.05) is 23.5 Å². The van der Waals surface area contributed by atoms with E-state index in [0.717, 1.165) is 21.3 Å². The van der Waals surface area contributed by atoms with Crippen molar-refractivity contribution in [1.29, 1.82) is 0 Å². The number of hydrogen-bond acceptors (Lipinski definition) is 5. The summed E-state index contributed by atoms with van der Waals surface area (Å²) >= 11 is 1.41. The molecule has 3 rings (SSSR count). The minimum Gasteiger partial charge on any atom is -0.298 e. The lowest BCUT2D eigenvalue weighted by atomic mass is 10.1. The molecule has 0 saturated carbocycles. The van der Waals surface area contributed by atoms with Crippen molar-refractivity contribution in [3.8, 4) is 0 Å². The van der Waals surface area contributed by atoms with Gasteiger partial charge in [0, 0.05) is 12.1 Å². The average Bonchev–Trinajstić information content (AvgIpc) is 3.02. The molecule has 0 bridgehead atoms. The van der Waals surface area contributed by atoms with Crippen LogP contribution in [0.1, 0.15) is 21.5 Å². The summed E-state index contributed by atoms with van der Waals surface area (Å²) in [7, 11) is -3.61. The number of sulfonamides is 1. The number of anilines is 1. The monoisotopic (exact) mass is 401 g/mol. The second-order valence-corrected chi connectivity index (χ2v) is 8.86. The largest absolute Gasteiger partial charge is 0.298 e. The van der Waals surface area contributed by atoms with Gasteiger partial charge in [-0.3, -0.25) is 10.1 Å². The first-order valence-electron chi connectivity index (χ1n) is 8.20. The Labute approximate surface area is 162 Å². The van der Waals surface area contributed by atoms with Gasteiger partial charge in [-0.25, -0.2) is 18.1 Å². The number of thiazole rings is 1. The van der Waals surface area contributed by atoms with E-state index in [1.807, 2.05) is 26.0 Å². The third kappa shape index (κ3) is 4.24. The number of hydrogen-bond donors (Lipinski definition) is 2. The van der Waals surface area contributed by atoms with Gasteiger partial charge >= 0.3 is 0 Å². The highest BCUT2D eigenvalue weighted by atomic mass is 32.2. The Balaban J connectivity index is 1.78. The van der Waals surface area contributed by atoms with Gasteiger partial charge in [0.1, 0.15) is 0 Å². The third-order valence-electron chi connectivity index (χ3n) is 3.89. The number of carbonyl (C=O) groups is 1. The predicted molar refractivity (Wildman–Crippen MR) is 109 cm³/mol. The quantitative estimate of drug-likeness (QED) is 0.618. The molecule has 1 amide bonds. The number of carbonyl (C=O) groups excluding carboxylic acids is 1. The molecule has 0 aliphatic carbocycles. The molecule has 3 aromatic rings. The molecule has 0 saturated heterocycles. The van der Waals surface area contributed by atoms with E-state index in [2.05, 4.69) is 21.6 Å². The molecule has 0 spiro atoms. The molecule has 1 aromatic heterocycles. The molecule has 140 valence electrons. The van der Waals surface area contributed by atoms with Crippen molar-refractivity contribution < 1.29 is 13.2 Å². The van der Waals surface area contributed by atoms with Crippen LogP contribution in [0.2, 0.25) is 0 Å². The minimum atomic E-state index is -3.61. The summed E-state index contributed by atoms with van der Waals surface area (Å²) in [6.07, 6.45) is 1.46. The molecule has 0 radical (unpaired) electrons. The zero-order chi connectivity index (χ0) is 19.6. The maximum absolute atomic E-state index is 12.5. The van der Waals surface area contributed by atoms with E-state index < -0.39 is 10.0 Å². The number of rotatable bonds is 6. The van der Waals surface area contributed by atoms with Crippen LogP contribution in [-0.2, 0) is 10.0 Å². The summed E-state index contributed by atoms with van der Waals surface area (Å²) in [6, 6.07) is 9.82. The summed E-state index contributed by atoms with van der Waals surface area (Å²) in [5.74, 6) is -0.341. The zero-order valence-electron chi connectivity index (χ0n) is 14.9.